The van der Waals surface area contributed by atoms with Crippen LogP contribution >= 0.6 is 0 Å². The lowest BCUT2D eigenvalue weighted by Crippen LogP contribution is -2.34. The average molecular weight is 234 g/mol. The van der Waals surface area contributed by atoms with E-state index in [-0.39, 0.29) is 5.79 Å². The molecule has 2 aliphatic rings. The molecule has 0 bridgehead atoms. The smallest absolute Gasteiger partial charge is 0.168 e. The minimum absolute atomic E-state index is 0.266. The van der Waals surface area contributed by atoms with Gasteiger partial charge in [-0.1, -0.05) is 6.07 Å². The number of ether oxygens (including phenoxy) is 2. The van der Waals surface area contributed by atoms with Gasteiger partial charge in [-0.3, -0.25) is 0 Å². The molecule has 0 unspecified atom stereocenters. The minimum Gasteiger partial charge on any atom is -0.384 e. The van der Waals surface area contributed by atoms with Crippen molar-refractivity contribution in [3.63, 3.8) is 0 Å². The molecule has 0 radical (unpaired) electrons. The van der Waals surface area contributed by atoms with E-state index in [0.29, 0.717) is 11.7 Å². The molecule has 1 aliphatic carbocycles. The molecule has 0 atom stereocenters. The second kappa shape index (κ2) is 4.27. The summed E-state index contributed by atoms with van der Waals surface area (Å²) in [6.45, 7) is 1.49. The SMILES string of the molecule is Nc1ccc(C2CCC3(CC2)OCCO3)cn1. The van der Waals surface area contributed by atoms with Crippen molar-refractivity contribution in [3.8, 4) is 0 Å². The third kappa shape index (κ3) is 2.15. The Labute approximate surface area is 101 Å². The Hall–Kier alpha value is -1.13. The van der Waals surface area contributed by atoms with Crippen LogP contribution in [0.5, 0.6) is 0 Å². The quantitative estimate of drug-likeness (QED) is 0.808. The standard InChI is InChI=1S/C13H18N2O2/c14-12-2-1-11(9-15-12)10-3-5-13(6-4-10)16-7-8-17-13/h1-2,9-10H,3-8H2,(H2,14,15). The molecule has 92 valence electrons. The second-order valence-electron chi connectivity index (χ2n) is 4.90. The number of hydrogen-bond acceptors (Lipinski definition) is 4. The molecule has 1 aliphatic heterocycles. The number of nitrogen functional groups attached to an aromatic ring is 1. The Bertz CT molecular complexity index is 375. The third-order valence-corrected chi connectivity index (χ3v) is 3.84. The Balaban J connectivity index is 1.66. The van der Waals surface area contributed by atoms with Crippen molar-refractivity contribution < 1.29 is 9.47 Å². The van der Waals surface area contributed by atoms with Crippen LogP contribution in [0, 0.1) is 0 Å². The highest BCUT2D eigenvalue weighted by molar-refractivity contribution is 5.31. The number of anilines is 1. The van der Waals surface area contributed by atoms with Crippen LogP contribution in [0.3, 0.4) is 0 Å². The number of hydrogen-bond donors (Lipinski definition) is 1. The zero-order valence-electron chi connectivity index (χ0n) is 9.89. The summed E-state index contributed by atoms with van der Waals surface area (Å²) in [5.74, 6) is 0.891. The van der Waals surface area contributed by atoms with E-state index in [0.717, 1.165) is 38.9 Å². The molecule has 1 spiro atoms. The number of aromatic nitrogens is 1. The highest BCUT2D eigenvalue weighted by Crippen LogP contribution is 2.42. The first-order valence-electron chi connectivity index (χ1n) is 6.27. The normalized spacial score (nSPS) is 24.2. The van der Waals surface area contributed by atoms with E-state index in [1.807, 2.05) is 12.3 Å². The largest absolute Gasteiger partial charge is 0.384 e. The molecule has 1 aromatic heterocycles. The van der Waals surface area contributed by atoms with Crippen LogP contribution in [0.15, 0.2) is 18.3 Å². The van der Waals surface area contributed by atoms with Crippen molar-refractivity contribution in [2.24, 2.45) is 0 Å². The topological polar surface area (TPSA) is 57.4 Å². The zero-order chi connectivity index (χ0) is 11.7. The van der Waals surface area contributed by atoms with Crippen LogP contribution in [-0.2, 0) is 9.47 Å². The Morgan fingerprint density at radius 1 is 1.18 bits per heavy atom. The summed E-state index contributed by atoms with van der Waals surface area (Å²) in [4.78, 5) is 4.16. The van der Waals surface area contributed by atoms with Gasteiger partial charge in [0.05, 0.1) is 13.2 Å². The monoisotopic (exact) mass is 234 g/mol. The first kappa shape index (κ1) is 11.0. The Morgan fingerprint density at radius 3 is 2.47 bits per heavy atom. The molecule has 2 N–H and O–H groups in total. The fraction of sp³-hybridized carbons (Fsp3) is 0.615. The maximum absolute atomic E-state index is 5.73. The molecule has 0 aromatic carbocycles. The van der Waals surface area contributed by atoms with E-state index in [4.69, 9.17) is 15.2 Å². The summed E-state index contributed by atoms with van der Waals surface area (Å²) in [5.41, 5.74) is 6.88. The van der Waals surface area contributed by atoms with Gasteiger partial charge in [-0.25, -0.2) is 4.98 Å². The number of rotatable bonds is 1. The van der Waals surface area contributed by atoms with E-state index >= 15 is 0 Å². The average Bonchev–Trinajstić information content (AvgIpc) is 2.80. The van der Waals surface area contributed by atoms with Crippen LogP contribution in [0.4, 0.5) is 5.82 Å². The molecular formula is C13H18N2O2. The molecular weight excluding hydrogens is 216 g/mol. The minimum atomic E-state index is -0.266. The van der Waals surface area contributed by atoms with E-state index in [9.17, 15) is 0 Å². The van der Waals surface area contributed by atoms with Gasteiger partial charge in [0.1, 0.15) is 5.82 Å². The van der Waals surface area contributed by atoms with Gasteiger partial charge in [-0.05, 0) is 30.4 Å². The van der Waals surface area contributed by atoms with E-state index in [2.05, 4.69) is 11.1 Å². The summed E-state index contributed by atoms with van der Waals surface area (Å²) in [6, 6.07) is 3.96. The fourth-order valence-corrected chi connectivity index (χ4v) is 2.83. The lowest BCUT2D eigenvalue weighted by molar-refractivity contribution is -0.178. The first-order valence-corrected chi connectivity index (χ1v) is 6.27. The fourth-order valence-electron chi connectivity index (χ4n) is 2.83. The Morgan fingerprint density at radius 2 is 1.88 bits per heavy atom. The predicted molar refractivity (Wildman–Crippen MR) is 64.5 cm³/mol. The summed E-state index contributed by atoms with van der Waals surface area (Å²) in [7, 11) is 0. The maximum atomic E-state index is 5.73. The highest BCUT2D eigenvalue weighted by atomic mass is 16.7. The number of pyridine rings is 1. The Kier molecular flexibility index (Phi) is 2.76. The van der Waals surface area contributed by atoms with Gasteiger partial charge in [0, 0.05) is 19.0 Å². The number of nitrogens with zero attached hydrogens (tertiary/aromatic N) is 1. The van der Waals surface area contributed by atoms with Crippen LogP contribution in [0.25, 0.3) is 0 Å². The van der Waals surface area contributed by atoms with Gasteiger partial charge in [-0.15, -0.1) is 0 Å². The predicted octanol–water partition coefficient (Wildman–Crippen LogP) is 2.06. The molecule has 1 saturated carbocycles. The van der Waals surface area contributed by atoms with Crippen molar-refractivity contribution in [3.05, 3.63) is 23.9 Å². The van der Waals surface area contributed by atoms with Gasteiger partial charge in [0.15, 0.2) is 5.79 Å². The van der Waals surface area contributed by atoms with Crippen molar-refractivity contribution in [2.75, 3.05) is 18.9 Å². The molecule has 0 amide bonds. The zero-order valence-corrected chi connectivity index (χ0v) is 9.89. The van der Waals surface area contributed by atoms with Crippen molar-refractivity contribution in [2.45, 2.75) is 37.4 Å². The van der Waals surface area contributed by atoms with Crippen molar-refractivity contribution in [1.29, 1.82) is 0 Å². The highest BCUT2D eigenvalue weighted by Gasteiger charge is 2.40. The molecule has 1 aromatic rings. The summed E-state index contributed by atoms with van der Waals surface area (Å²) in [5, 5.41) is 0. The van der Waals surface area contributed by atoms with Gasteiger partial charge < -0.3 is 15.2 Å². The van der Waals surface area contributed by atoms with E-state index in [1.165, 1.54) is 5.56 Å². The summed E-state index contributed by atoms with van der Waals surface area (Å²) >= 11 is 0. The molecule has 2 fully saturated rings. The molecule has 17 heavy (non-hydrogen) atoms. The van der Waals surface area contributed by atoms with Gasteiger partial charge >= 0.3 is 0 Å². The molecule has 4 heteroatoms. The van der Waals surface area contributed by atoms with Crippen LogP contribution in [-0.4, -0.2) is 24.0 Å². The third-order valence-electron chi connectivity index (χ3n) is 3.84. The lowest BCUT2D eigenvalue weighted by atomic mass is 9.81. The number of nitrogens with two attached hydrogens (primary N) is 1. The van der Waals surface area contributed by atoms with Crippen LogP contribution in [0.1, 0.15) is 37.2 Å². The lowest BCUT2D eigenvalue weighted by Gasteiger charge is -2.35. The summed E-state index contributed by atoms with van der Waals surface area (Å²) in [6.07, 6.45) is 6.08. The van der Waals surface area contributed by atoms with Gasteiger partial charge in [-0.2, -0.15) is 0 Å². The van der Waals surface area contributed by atoms with E-state index in [1.54, 1.807) is 0 Å². The van der Waals surface area contributed by atoms with Gasteiger partial charge in [0.25, 0.3) is 0 Å². The van der Waals surface area contributed by atoms with Crippen molar-refractivity contribution >= 4 is 5.82 Å². The first-order chi connectivity index (χ1) is 8.27. The molecule has 2 heterocycles. The van der Waals surface area contributed by atoms with E-state index < -0.39 is 0 Å². The van der Waals surface area contributed by atoms with Crippen LogP contribution < -0.4 is 5.73 Å². The maximum Gasteiger partial charge on any atom is 0.168 e. The molecule has 4 nitrogen and oxygen atoms in total. The molecule has 3 rings (SSSR count). The van der Waals surface area contributed by atoms with Crippen molar-refractivity contribution in [1.82, 2.24) is 4.98 Å². The molecule has 1 saturated heterocycles. The second-order valence-corrected chi connectivity index (χ2v) is 4.90. The van der Waals surface area contributed by atoms with Gasteiger partial charge in [0.2, 0.25) is 0 Å². The summed E-state index contributed by atoms with van der Waals surface area (Å²) < 4.78 is 11.5. The van der Waals surface area contributed by atoms with Crippen LogP contribution in [0.2, 0.25) is 0 Å².